The zero-order chi connectivity index (χ0) is 25.9. The molecule has 2 N–H and O–H groups in total. The number of hydrogen-bond acceptors (Lipinski definition) is 6. The molecule has 8 nitrogen and oxygen atoms in total. The Morgan fingerprint density at radius 2 is 1.72 bits per heavy atom. The van der Waals surface area contributed by atoms with Crippen LogP contribution in [0.15, 0.2) is 86.9 Å². The lowest BCUT2D eigenvalue weighted by Crippen LogP contribution is -2.45. The highest BCUT2D eigenvalue weighted by Crippen LogP contribution is 2.31. The van der Waals surface area contributed by atoms with Gasteiger partial charge in [-0.2, -0.15) is 4.72 Å². The number of sulfonamides is 1. The molecule has 0 radical (unpaired) electrons. The van der Waals surface area contributed by atoms with E-state index in [0.29, 0.717) is 5.39 Å². The average Bonchev–Trinajstić information content (AvgIpc) is 2.86. The van der Waals surface area contributed by atoms with E-state index >= 15 is 0 Å². The van der Waals surface area contributed by atoms with Gasteiger partial charge in [-0.15, -0.1) is 0 Å². The molecule has 10 heteroatoms. The van der Waals surface area contributed by atoms with Crippen LogP contribution in [-0.2, 0) is 21.2 Å². The Labute approximate surface area is 212 Å². The maximum absolute atomic E-state index is 13.3. The highest BCUT2D eigenvalue weighted by Gasteiger charge is 2.26. The summed E-state index contributed by atoms with van der Waals surface area (Å²) in [7, 11) is -2.67. The zero-order valence-electron chi connectivity index (χ0n) is 19.4. The molecule has 0 spiro atoms. The van der Waals surface area contributed by atoms with E-state index in [1.54, 1.807) is 48.5 Å². The number of fused-ring (bicyclic) bond motifs is 1. The van der Waals surface area contributed by atoms with Crippen molar-refractivity contribution in [3.63, 3.8) is 0 Å². The van der Waals surface area contributed by atoms with Gasteiger partial charge >= 0.3 is 11.6 Å². The molecule has 0 bridgehead atoms. The number of halogens is 1. The number of ether oxygens (including phenoxy) is 1. The molecule has 0 aliphatic carbocycles. The smallest absolute Gasteiger partial charge is 0.346 e. The molecule has 0 saturated heterocycles. The monoisotopic (exact) mass is 526 g/mol. The quantitative estimate of drug-likeness (QED) is 0.354. The van der Waals surface area contributed by atoms with Gasteiger partial charge in [0.2, 0.25) is 15.9 Å². The number of hydrogen-bond donors (Lipinski definition) is 2. The second kappa shape index (κ2) is 10.5. The Morgan fingerprint density at radius 1 is 1.03 bits per heavy atom. The Kier molecular flexibility index (Phi) is 7.44. The van der Waals surface area contributed by atoms with Gasteiger partial charge in [-0.3, -0.25) is 4.79 Å². The fraction of sp³-hybridized carbons (Fsp3) is 0.154. The molecule has 186 valence electrons. The van der Waals surface area contributed by atoms with Crippen molar-refractivity contribution in [3.8, 4) is 5.95 Å². The van der Waals surface area contributed by atoms with Crippen molar-refractivity contribution in [1.29, 1.82) is 0 Å². The van der Waals surface area contributed by atoms with Crippen LogP contribution < -0.4 is 20.4 Å². The molecule has 4 aromatic rings. The first-order valence-electron chi connectivity index (χ1n) is 10.9. The molecule has 4 rings (SSSR count). The Bertz CT molecular complexity index is 1570. The van der Waals surface area contributed by atoms with Crippen molar-refractivity contribution in [3.05, 3.63) is 99.4 Å². The summed E-state index contributed by atoms with van der Waals surface area (Å²) in [6.07, 6.45) is 0.108. The second-order valence-electron chi connectivity index (χ2n) is 8.12. The molecular weight excluding hydrogens is 504 g/mol. The molecule has 1 aromatic heterocycles. The second-order valence-corrected chi connectivity index (χ2v) is 10.2. The maximum atomic E-state index is 13.3. The summed E-state index contributed by atoms with van der Waals surface area (Å²) in [5, 5.41) is 3.34. The largest absolute Gasteiger partial charge is 0.467 e. The summed E-state index contributed by atoms with van der Waals surface area (Å²) in [6.45, 7) is 1.85. The van der Waals surface area contributed by atoms with Gasteiger partial charge in [0.1, 0.15) is 11.1 Å². The van der Waals surface area contributed by atoms with E-state index in [-0.39, 0.29) is 33.4 Å². The SMILES string of the molecule is COc1oc(=O)c2cc(NC(=O)C(Cc3ccccc3)NS(=O)(=O)c3ccc(C)cc3)ccc2c1Cl. The molecule has 1 heterocycles. The standard InChI is InChI=1S/C26H23ClN2O6S/c1-16-8-11-19(12-9-16)36(32,33)29-22(14-17-6-4-3-5-7-17)24(30)28-18-10-13-20-21(15-18)25(31)35-26(34-2)23(20)27/h3-13,15,22,29H,14H2,1-2H3,(H,28,30). The number of nitrogens with one attached hydrogen (secondary N) is 2. The van der Waals surface area contributed by atoms with Crippen molar-refractivity contribution in [2.45, 2.75) is 24.3 Å². The normalized spacial score (nSPS) is 12.3. The minimum Gasteiger partial charge on any atom is -0.467 e. The lowest BCUT2D eigenvalue weighted by molar-refractivity contribution is -0.117. The van der Waals surface area contributed by atoms with Gasteiger partial charge in [-0.1, -0.05) is 65.7 Å². The first-order chi connectivity index (χ1) is 17.2. The summed E-state index contributed by atoms with van der Waals surface area (Å²) in [5.41, 5.74) is 1.25. The van der Waals surface area contributed by atoms with Crippen LogP contribution in [0.1, 0.15) is 11.1 Å². The summed E-state index contributed by atoms with van der Waals surface area (Å²) in [4.78, 5) is 25.7. The van der Waals surface area contributed by atoms with Crippen molar-refractivity contribution in [2.75, 3.05) is 12.4 Å². The Morgan fingerprint density at radius 3 is 2.39 bits per heavy atom. The first kappa shape index (κ1) is 25.4. The number of aryl methyl sites for hydroxylation is 1. The predicted molar refractivity (Wildman–Crippen MR) is 138 cm³/mol. The number of anilines is 1. The third-order valence-corrected chi connectivity index (χ3v) is 7.37. The molecule has 0 aliphatic rings. The lowest BCUT2D eigenvalue weighted by atomic mass is 10.1. The van der Waals surface area contributed by atoms with Crippen molar-refractivity contribution in [1.82, 2.24) is 4.72 Å². The Hall–Kier alpha value is -3.66. The minimum absolute atomic E-state index is 0.0471. The van der Waals surface area contributed by atoms with Crippen LogP contribution in [0.25, 0.3) is 10.8 Å². The van der Waals surface area contributed by atoms with E-state index < -0.39 is 27.6 Å². The van der Waals surface area contributed by atoms with E-state index in [4.69, 9.17) is 20.8 Å². The van der Waals surface area contributed by atoms with Gasteiger partial charge in [0.25, 0.3) is 0 Å². The van der Waals surface area contributed by atoms with Crippen molar-refractivity contribution < 1.29 is 22.4 Å². The van der Waals surface area contributed by atoms with Crippen LogP contribution in [-0.4, -0.2) is 27.5 Å². The van der Waals surface area contributed by atoms with E-state index in [9.17, 15) is 18.0 Å². The fourth-order valence-corrected chi connectivity index (χ4v) is 5.12. The number of methoxy groups -OCH3 is 1. The topological polar surface area (TPSA) is 115 Å². The van der Waals surface area contributed by atoms with E-state index in [1.165, 1.54) is 25.3 Å². The summed E-state index contributed by atoms with van der Waals surface area (Å²) in [6, 6.07) is 18.8. The average molecular weight is 527 g/mol. The number of carbonyl (C=O) groups is 1. The number of benzene rings is 3. The van der Waals surface area contributed by atoms with Crippen LogP contribution in [0.2, 0.25) is 5.02 Å². The van der Waals surface area contributed by atoms with Crippen molar-refractivity contribution >= 4 is 44.0 Å². The zero-order valence-corrected chi connectivity index (χ0v) is 21.0. The van der Waals surface area contributed by atoms with Crippen LogP contribution >= 0.6 is 11.6 Å². The fourth-order valence-electron chi connectivity index (χ4n) is 3.65. The molecule has 36 heavy (non-hydrogen) atoms. The molecule has 0 saturated carbocycles. The number of carbonyl (C=O) groups excluding carboxylic acids is 1. The molecule has 0 fully saturated rings. The minimum atomic E-state index is -4.00. The third kappa shape index (κ3) is 5.59. The van der Waals surface area contributed by atoms with Gasteiger partial charge in [0.05, 0.1) is 17.4 Å². The molecule has 0 aliphatic heterocycles. The number of amides is 1. The van der Waals surface area contributed by atoms with E-state index in [0.717, 1.165) is 11.1 Å². The van der Waals surface area contributed by atoms with Gasteiger partial charge < -0.3 is 14.5 Å². The lowest BCUT2D eigenvalue weighted by Gasteiger charge is -2.19. The van der Waals surface area contributed by atoms with Crippen LogP contribution in [0.3, 0.4) is 0 Å². The van der Waals surface area contributed by atoms with Crippen LogP contribution in [0, 0.1) is 6.92 Å². The van der Waals surface area contributed by atoms with Gasteiger partial charge in [0, 0.05) is 11.1 Å². The molecular formula is C26H23ClN2O6S. The predicted octanol–water partition coefficient (Wildman–Crippen LogP) is 4.29. The first-order valence-corrected chi connectivity index (χ1v) is 12.8. The van der Waals surface area contributed by atoms with Gasteiger partial charge in [0.15, 0.2) is 0 Å². The van der Waals surface area contributed by atoms with Crippen LogP contribution in [0.4, 0.5) is 5.69 Å². The van der Waals surface area contributed by atoms with Crippen molar-refractivity contribution in [2.24, 2.45) is 0 Å². The third-order valence-electron chi connectivity index (χ3n) is 5.52. The molecule has 3 aromatic carbocycles. The van der Waals surface area contributed by atoms with Gasteiger partial charge in [-0.05, 0) is 43.2 Å². The Balaban J connectivity index is 1.64. The maximum Gasteiger partial charge on any atom is 0.346 e. The highest BCUT2D eigenvalue weighted by atomic mass is 35.5. The number of rotatable bonds is 8. The summed E-state index contributed by atoms with van der Waals surface area (Å²) < 4.78 is 38.6. The highest BCUT2D eigenvalue weighted by molar-refractivity contribution is 7.89. The molecule has 1 amide bonds. The summed E-state index contributed by atoms with van der Waals surface area (Å²) >= 11 is 6.23. The summed E-state index contributed by atoms with van der Waals surface area (Å²) in [5.74, 6) is -0.711. The molecule has 1 atom stereocenters. The van der Waals surface area contributed by atoms with E-state index in [2.05, 4.69) is 10.0 Å². The van der Waals surface area contributed by atoms with Gasteiger partial charge in [-0.25, -0.2) is 13.2 Å². The van der Waals surface area contributed by atoms with E-state index in [1.807, 2.05) is 13.0 Å². The van der Waals surface area contributed by atoms with Crippen LogP contribution in [0.5, 0.6) is 5.95 Å². The molecule has 1 unspecified atom stereocenters.